The third-order valence-electron chi connectivity index (χ3n) is 2.65. The predicted octanol–water partition coefficient (Wildman–Crippen LogP) is 4.90. The first-order valence-electron chi connectivity index (χ1n) is 6.37. The first kappa shape index (κ1) is 14.6. The lowest BCUT2D eigenvalue weighted by Crippen LogP contribution is -2.10. The van der Waals surface area contributed by atoms with Crippen molar-refractivity contribution in [3.05, 3.63) is 41.1 Å². The summed E-state index contributed by atoms with van der Waals surface area (Å²) in [6, 6.07) is 5.75. The summed E-state index contributed by atoms with van der Waals surface area (Å²) in [5, 5.41) is 9.84. The highest BCUT2D eigenvalue weighted by Crippen LogP contribution is 2.28. The molecule has 0 radical (unpaired) electrons. The lowest BCUT2D eigenvalue weighted by molar-refractivity contribution is 0.472. The molecule has 1 N–H and O–H groups in total. The largest absolute Gasteiger partial charge is 0.507 e. The first-order valence-corrected chi connectivity index (χ1v) is 6.37. The molecule has 98 valence electrons. The highest BCUT2D eigenvalue weighted by Gasteiger charge is 2.14. The third-order valence-corrected chi connectivity index (χ3v) is 2.65. The summed E-state index contributed by atoms with van der Waals surface area (Å²) >= 11 is 0. The molecule has 1 aromatic rings. The molecule has 0 bridgehead atoms. The molecule has 18 heavy (non-hydrogen) atoms. The number of rotatable bonds is 1. The van der Waals surface area contributed by atoms with Crippen LogP contribution in [0.25, 0.3) is 6.08 Å². The molecule has 0 aliphatic rings. The van der Waals surface area contributed by atoms with Crippen molar-refractivity contribution in [2.75, 3.05) is 0 Å². The summed E-state index contributed by atoms with van der Waals surface area (Å²) in [4.78, 5) is 0. The molecule has 1 heteroatoms. The van der Waals surface area contributed by atoms with Crippen LogP contribution >= 0.6 is 0 Å². The molecule has 0 fully saturated rings. The summed E-state index contributed by atoms with van der Waals surface area (Å²) in [6.07, 6.45) is 3.85. The molecule has 0 aromatic heterocycles. The Hall–Kier alpha value is -1.46. The Labute approximate surface area is 111 Å². The Morgan fingerprint density at radius 2 is 1.67 bits per heavy atom. The van der Waals surface area contributed by atoms with E-state index in [2.05, 4.69) is 47.3 Å². The zero-order chi connectivity index (χ0) is 14.0. The van der Waals surface area contributed by atoms with E-state index in [1.807, 2.05) is 24.3 Å². The third kappa shape index (κ3) is 4.43. The lowest BCUT2D eigenvalue weighted by atomic mass is 9.86. The fourth-order valence-corrected chi connectivity index (χ4v) is 1.52. The van der Waals surface area contributed by atoms with Crippen LogP contribution < -0.4 is 0 Å². The molecule has 0 unspecified atom stereocenters. The van der Waals surface area contributed by atoms with Crippen LogP contribution in [0.5, 0.6) is 5.75 Å². The van der Waals surface area contributed by atoms with Crippen LogP contribution in [0.1, 0.15) is 52.7 Å². The highest BCUT2D eigenvalue weighted by molar-refractivity contribution is 5.58. The first-order chi connectivity index (χ1) is 8.09. The van der Waals surface area contributed by atoms with Crippen LogP contribution in [0.4, 0.5) is 0 Å². The Morgan fingerprint density at radius 1 is 1.06 bits per heavy atom. The van der Waals surface area contributed by atoms with Crippen LogP contribution in [-0.2, 0) is 5.41 Å². The SMILES string of the molecule is CC(C)(C)C=C=Cc1cc(C(C)(C)C)ccc1O. The van der Waals surface area contributed by atoms with Crippen LogP contribution in [0, 0.1) is 5.41 Å². The average molecular weight is 244 g/mol. The van der Waals surface area contributed by atoms with E-state index in [-0.39, 0.29) is 10.8 Å². The van der Waals surface area contributed by atoms with E-state index in [0.717, 1.165) is 5.56 Å². The molecule has 1 aromatic carbocycles. The molecule has 0 atom stereocenters. The molecule has 0 spiro atoms. The fourth-order valence-electron chi connectivity index (χ4n) is 1.52. The van der Waals surface area contributed by atoms with Crippen molar-refractivity contribution >= 4 is 6.08 Å². The molecule has 1 rings (SSSR count). The molecular formula is C17H24O. The minimum absolute atomic E-state index is 0.0873. The second kappa shape index (κ2) is 5.04. The standard InChI is InChI=1S/C17H24O/c1-16(2,3)11-7-8-13-12-14(17(4,5)6)9-10-15(13)18/h8-12,18H,1-6H3. The Balaban J connectivity index is 3.14. The summed E-state index contributed by atoms with van der Waals surface area (Å²) in [7, 11) is 0. The Bertz CT molecular complexity index is 475. The smallest absolute Gasteiger partial charge is 0.123 e. The maximum absolute atomic E-state index is 9.84. The average Bonchev–Trinajstić information content (AvgIpc) is 2.17. The number of aromatic hydroxyl groups is 1. The maximum atomic E-state index is 9.84. The van der Waals surface area contributed by atoms with Gasteiger partial charge >= 0.3 is 0 Å². The van der Waals surface area contributed by atoms with Gasteiger partial charge in [0.25, 0.3) is 0 Å². The van der Waals surface area contributed by atoms with Gasteiger partial charge in [0, 0.05) is 5.56 Å². The number of allylic oxidation sites excluding steroid dienone is 1. The molecule has 0 saturated carbocycles. The molecular weight excluding hydrogens is 220 g/mol. The monoisotopic (exact) mass is 244 g/mol. The number of phenolic OH excluding ortho intramolecular Hbond substituents is 1. The van der Waals surface area contributed by atoms with Crippen molar-refractivity contribution in [2.24, 2.45) is 5.41 Å². The minimum atomic E-state index is 0.0873. The zero-order valence-electron chi connectivity index (χ0n) is 12.3. The van der Waals surface area contributed by atoms with Gasteiger partial charge in [0.2, 0.25) is 0 Å². The summed E-state index contributed by atoms with van der Waals surface area (Å²) in [5.41, 5.74) is 5.38. The van der Waals surface area contributed by atoms with Crippen LogP contribution in [0.3, 0.4) is 0 Å². The van der Waals surface area contributed by atoms with E-state index in [1.165, 1.54) is 5.56 Å². The summed E-state index contributed by atoms with van der Waals surface area (Å²) < 4.78 is 0. The number of phenols is 1. The van der Waals surface area contributed by atoms with Gasteiger partial charge in [-0.15, -0.1) is 5.73 Å². The topological polar surface area (TPSA) is 20.2 Å². The number of benzene rings is 1. The van der Waals surface area contributed by atoms with E-state index in [0.29, 0.717) is 5.75 Å². The van der Waals surface area contributed by atoms with Crippen LogP contribution in [-0.4, -0.2) is 5.11 Å². The van der Waals surface area contributed by atoms with Crippen molar-refractivity contribution in [1.29, 1.82) is 0 Å². The van der Waals surface area contributed by atoms with E-state index >= 15 is 0 Å². The minimum Gasteiger partial charge on any atom is -0.507 e. The van der Waals surface area contributed by atoms with Crippen molar-refractivity contribution in [3.63, 3.8) is 0 Å². The van der Waals surface area contributed by atoms with E-state index < -0.39 is 0 Å². The summed E-state index contributed by atoms with van der Waals surface area (Å²) in [6.45, 7) is 12.9. The zero-order valence-corrected chi connectivity index (χ0v) is 12.3. The van der Waals surface area contributed by atoms with E-state index in [1.54, 1.807) is 6.07 Å². The van der Waals surface area contributed by atoms with Crippen molar-refractivity contribution in [2.45, 2.75) is 47.0 Å². The lowest BCUT2D eigenvalue weighted by Gasteiger charge is -2.19. The second-order valence-electron chi connectivity index (χ2n) is 6.84. The predicted molar refractivity (Wildman–Crippen MR) is 78.8 cm³/mol. The molecule has 0 aliphatic carbocycles. The Morgan fingerprint density at radius 3 is 2.17 bits per heavy atom. The van der Waals surface area contributed by atoms with Crippen LogP contribution in [0.15, 0.2) is 30.0 Å². The van der Waals surface area contributed by atoms with Crippen molar-refractivity contribution in [3.8, 4) is 5.75 Å². The quantitative estimate of drug-likeness (QED) is 0.696. The second-order valence-corrected chi connectivity index (χ2v) is 6.84. The van der Waals surface area contributed by atoms with Gasteiger partial charge in [-0.25, -0.2) is 0 Å². The van der Waals surface area contributed by atoms with Gasteiger partial charge in [-0.05, 0) is 40.7 Å². The Kier molecular flexibility index (Phi) is 4.09. The van der Waals surface area contributed by atoms with Gasteiger partial charge in [0.15, 0.2) is 0 Å². The van der Waals surface area contributed by atoms with Crippen LogP contribution in [0.2, 0.25) is 0 Å². The maximum Gasteiger partial charge on any atom is 0.123 e. The molecule has 0 heterocycles. The molecule has 0 amide bonds. The van der Waals surface area contributed by atoms with Gasteiger partial charge in [-0.1, -0.05) is 47.6 Å². The fraction of sp³-hybridized carbons (Fsp3) is 0.471. The van der Waals surface area contributed by atoms with Crippen molar-refractivity contribution in [1.82, 2.24) is 0 Å². The molecule has 0 saturated heterocycles. The van der Waals surface area contributed by atoms with Gasteiger partial charge in [0.05, 0.1) is 0 Å². The number of hydrogen-bond acceptors (Lipinski definition) is 1. The van der Waals surface area contributed by atoms with Gasteiger partial charge < -0.3 is 5.11 Å². The summed E-state index contributed by atoms with van der Waals surface area (Å²) in [5.74, 6) is 0.304. The normalized spacial score (nSPS) is 11.9. The number of hydrogen-bond donors (Lipinski definition) is 1. The molecule has 0 aliphatic heterocycles. The van der Waals surface area contributed by atoms with Gasteiger partial charge in [-0.3, -0.25) is 0 Å². The highest BCUT2D eigenvalue weighted by atomic mass is 16.3. The van der Waals surface area contributed by atoms with E-state index in [4.69, 9.17) is 0 Å². The van der Waals surface area contributed by atoms with E-state index in [9.17, 15) is 5.11 Å². The molecule has 1 nitrogen and oxygen atoms in total. The van der Waals surface area contributed by atoms with Crippen molar-refractivity contribution < 1.29 is 5.11 Å². The van der Waals surface area contributed by atoms with Gasteiger partial charge in [0.1, 0.15) is 5.75 Å². The van der Waals surface area contributed by atoms with Gasteiger partial charge in [-0.2, -0.15) is 0 Å².